The number of Topliss-reactive ketones (excluding diaryl/α,β-unsaturated/α-hetero) is 1. The molecule has 0 unspecified atom stereocenters. The molecule has 25 heavy (non-hydrogen) atoms. The summed E-state index contributed by atoms with van der Waals surface area (Å²) in [5.41, 5.74) is 4.91. The zero-order valence-corrected chi connectivity index (χ0v) is 16.0. The van der Waals surface area contributed by atoms with Gasteiger partial charge in [-0.1, -0.05) is 41.9 Å². The molecule has 3 aliphatic rings. The Hall–Kier alpha value is -1.64. The number of fused-ring (bicyclic) bond motifs is 1. The van der Waals surface area contributed by atoms with E-state index in [0.717, 1.165) is 44.1 Å². The molecule has 0 amide bonds. The molecular formula is C22H30O3. The third-order valence-corrected chi connectivity index (χ3v) is 6.63. The number of hydrogen-bond acceptors (Lipinski definition) is 3. The van der Waals surface area contributed by atoms with Crippen LogP contribution in [0.25, 0.3) is 0 Å². The summed E-state index contributed by atoms with van der Waals surface area (Å²) in [5, 5.41) is 0. The summed E-state index contributed by atoms with van der Waals surface area (Å²) in [6.45, 7) is 12.3. The first kappa shape index (κ1) is 18.2. The van der Waals surface area contributed by atoms with E-state index in [2.05, 4.69) is 33.4 Å². The van der Waals surface area contributed by atoms with E-state index in [9.17, 15) is 9.59 Å². The Kier molecular flexibility index (Phi) is 4.78. The SMILES string of the molecule is C=C1[C@@H]2CC/C(C)=C/CC/C(C)=C3/CC[C@](C)([C@@H](OC(C)=O)C2=O)[C@@H]13. The van der Waals surface area contributed by atoms with Crippen molar-refractivity contribution in [2.24, 2.45) is 17.3 Å². The maximum Gasteiger partial charge on any atom is 0.303 e. The molecule has 0 heterocycles. The van der Waals surface area contributed by atoms with Crippen LogP contribution in [0.15, 0.2) is 34.9 Å². The monoisotopic (exact) mass is 342 g/mol. The molecule has 2 bridgehead atoms. The number of allylic oxidation sites excluding steroid dienone is 5. The number of carbonyl (C=O) groups is 2. The molecule has 4 atom stereocenters. The van der Waals surface area contributed by atoms with Crippen LogP contribution in [0.1, 0.15) is 66.2 Å². The van der Waals surface area contributed by atoms with Crippen LogP contribution in [0.4, 0.5) is 0 Å². The van der Waals surface area contributed by atoms with Gasteiger partial charge in [-0.2, -0.15) is 0 Å². The second-order valence-electron chi connectivity index (χ2n) is 8.39. The van der Waals surface area contributed by atoms with E-state index < -0.39 is 6.10 Å². The molecule has 0 aromatic carbocycles. The van der Waals surface area contributed by atoms with Gasteiger partial charge in [-0.25, -0.2) is 0 Å². The second-order valence-corrected chi connectivity index (χ2v) is 8.39. The van der Waals surface area contributed by atoms with E-state index in [-0.39, 0.29) is 29.0 Å². The molecule has 3 heteroatoms. The molecule has 0 radical (unpaired) electrons. The Morgan fingerprint density at radius 3 is 2.68 bits per heavy atom. The lowest BCUT2D eigenvalue weighted by molar-refractivity contribution is -0.166. The van der Waals surface area contributed by atoms with Gasteiger partial charge in [0, 0.05) is 24.2 Å². The van der Waals surface area contributed by atoms with Crippen molar-refractivity contribution in [3.05, 3.63) is 34.9 Å². The molecule has 0 aliphatic heterocycles. The van der Waals surface area contributed by atoms with E-state index in [4.69, 9.17) is 4.74 Å². The van der Waals surface area contributed by atoms with Crippen LogP contribution in [-0.2, 0) is 14.3 Å². The smallest absolute Gasteiger partial charge is 0.303 e. The highest BCUT2D eigenvalue weighted by Gasteiger charge is 2.58. The molecule has 0 aromatic rings. The molecule has 0 N–H and O–H groups in total. The third kappa shape index (κ3) is 3.02. The minimum absolute atomic E-state index is 0.0601. The average Bonchev–Trinajstić information content (AvgIpc) is 2.89. The summed E-state index contributed by atoms with van der Waals surface area (Å²) in [6, 6.07) is 0. The lowest BCUT2D eigenvalue weighted by Crippen LogP contribution is -2.52. The van der Waals surface area contributed by atoms with Gasteiger partial charge in [0.15, 0.2) is 11.9 Å². The Bertz CT molecular complexity index is 681. The van der Waals surface area contributed by atoms with Gasteiger partial charge in [-0.15, -0.1) is 0 Å². The van der Waals surface area contributed by atoms with E-state index in [0.29, 0.717) is 0 Å². The van der Waals surface area contributed by atoms with Gasteiger partial charge in [0.05, 0.1) is 0 Å². The standard InChI is InChI=1S/C22H30O3/c1-13-7-6-8-14(2)17-11-12-22(5)19(17)15(3)18(10-9-13)20(24)21(22)25-16(4)23/h7,18-19,21H,3,6,8-12H2,1-2,4-5H3/b13-7+,17-14-/t18-,19-,21-,22-/m0/s1. The summed E-state index contributed by atoms with van der Waals surface area (Å²) in [4.78, 5) is 24.9. The van der Waals surface area contributed by atoms with Crippen LogP contribution in [-0.4, -0.2) is 17.9 Å². The first-order chi connectivity index (χ1) is 11.8. The summed E-state index contributed by atoms with van der Waals surface area (Å²) < 4.78 is 5.62. The maximum absolute atomic E-state index is 13.2. The van der Waals surface area contributed by atoms with Crippen molar-refractivity contribution in [2.45, 2.75) is 72.3 Å². The van der Waals surface area contributed by atoms with Gasteiger partial charge in [0.2, 0.25) is 0 Å². The largest absolute Gasteiger partial charge is 0.454 e. The van der Waals surface area contributed by atoms with Crippen LogP contribution in [0.2, 0.25) is 0 Å². The first-order valence-electron chi connectivity index (χ1n) is 9.49. The van der Waals surface area contributed by atoms with E-state index in [1.807, 2.05) is 0 Å². The van der Waals surface area contributed by atoms with Crippen molar-refractivity contribution in [1.82, 2.24) is 0 Å². The quantitative estimate of drug-likeness (QED) is 0.501. The van der Waals surface area contributed by atoms with Gasteiger partial charge in [0.1, 0.15) is 0 Å². The number of ether oxygens (including phenoxy) is 1. The van der Waals surface area contributed by atoms with Gasteiger partial charge in [0.25, 0.3) is 0 Å². The second kappa shape index (κ2) is 6.59. The summed E-state index contributed by atoms with van der Waals surface area (Å²) in [6.07, 6.45) is 7.33. The predicted molar refractivity (Wildman–Crippen MR) is 98.9 cm³/mol. The van der Waals surface area contributed by atoms with Gasteiger partial charge in [-0.05, 0) is 52.4 Å². The maximum atomic E-state index is 13.2. The van der Waals surface area contributed by atoms with E-state index in [1.165, 1.54) is 23.6 Å². The Labute approximate surface area is 151 Å². The minimum atomic E-state index is -0.638. The van der Waals surface area contributed by atoms with Crippen molar-refractivity contribution in [3.8, 4) is 0 Å². The van der Waals surface area contributed by atoms with Crippen LogP contribution in [0.3, 0.4) is 0 Å². The lowest BCUT2D eigenvalue weighted by Gasteiger charge is -2.46. The minimum Gasteiger partial charge on any atom is -0.454 e. The average molecular weight is 342 g/mol. The predicted octanol–water partition coefficient (Wildman–Crippen LogP) is 4.93. The summed E-state index contributed by atoms with van der Waals surface area (Å²) in [5.74, 6) is -0.341. The number of carbonyl (C=O) groups excluding carboxylic acids is 2. The number of esters is 1. The highest BCUT2D eigenvalue weighted by molar-refractivity contribution is 5.92. The first-order valence-corrected chi connectivity index (χ1v) is 9.49. The van der Waals surface area contributed by atoms with Crippen LogP contribution in [0, 0.1) is 17.3 Å². The van der Waals surface area contributed by atoms with E-state index >= 15 is 0 Å². The fraction of sp³-hybridized carbons (Fsp3) is 0.636. The van der Waals surface area contributed by atoms with Crippen molar-refractivity contribution >= 4 is 11.8 Å². The van der Waals surface area contributed by atoms with Gasteiger partial charge in [-0.3, -0.25) is 9.59 Å². The Morgan fingerprint density at radius 2 is 2.00 bits per heavy atom. The highest BCUT2D eigenvalue weighted by Crippen LogP contribution is 2.59. The molecule has 0 spiro atoms. The van der Waals surface area contributed by atoms with Gasteiger partial charge >= 0.3 is 5.97 Å². The molecule has 3 rings (SSSR count). The molecule has 136 valence electrons. The molecule has 3 nitrogen and oxygen atoms in total. The lowest BCUT2D eigenvalue weighted by atomic mass is 9.59. The zero-order valence-electron chi connectivity index (χ0n) is 16.0. The zero-order chi connectivity index (χ0) is 18.4. The fourth-order valence-corrected chi connectivity index (χ4v) is 5.23. The summed E-state index contributed by atoms with van der Waals surface area (Å²) >= 11 is 0. The highest BCUT2D eigenvalue weighted by atomic mass is 16.5. The number of ketones is 1. The van der Waals surface area contributed by atoms with E-state index in [1.54, 1.807) is 0 Å². The number of hydrogen-bond donors (Lipinski definition) is 0. The fourth-order valence-electron chi connectivity index (χ4n) is 5.23. The van der Waals surface area contributed by atoms with Gasteiger partial charge < -0.3 is 4.74 Å². The summed E-state index contributed by atoms with van der Waals surface area (Å²) in [7, 11) is 0. The molecule has 2 fully saturated rings. The molecular weight excluding hydrogens is 312 g/mol. The van der Waals surface area contributed by atoms with Crippen LogP contribution in [0.5, 0.6) is 0 Å². The molecule has 0 saturated heterocycles. The molecule has 2 saturated carbocycles. The topological polar surface area (TPSA) is 43.4 Å². The van der Waals surface area contributed by atoms with Crippen molar-refractivity contribution in [3.63, 3.8) is 0 Å². The van der Waals surface area contributed by atoms with Crippen molar-refractivity contribution in [2.75, 3.05) is 0 Å². The Morgan fingerprint density at radius 1 is 1.28 bits per heavy atom. The van der Waals surface area contributed by atoms with Crippen molar-refractivity contribution < 1.29 is 14.3 Å². The molecule has 0 aromatic heterocycles. The van der Waals surface area contributed by atoms with Crippen LogP contribution >= 0.6 is 0 Å². The normalized spacial score (nSPS) is 41.0. The third-order valence-electron chi connectivity index (χ3n) is 6.63. The number of rotatable bonds is 1. The molecule has 3 aliphatic carbocycles. The van der Waals surface area contributed by atoms with Crippen molar-refractivity contribution in [1.29, 1.82) is 0 Å². The van der Waals surface area contributed by atoms with Crippen LogP contribution < -0.4 is 0 Å². The Balaban J connectivity index is 2.11.